The zero-order chi connectivity index (χ0) is 13.5. The van der Waals surface area contributed by atoms with Gasteiger partial charge in [-0.2, -0.15) is 0 Å². The lowest BCUT2D eigenvalue weighted by Gasteiger charge is -2.07. The molecule has 5 heteroatoms. The van der Waals surface area contributed by atoms with E-state index in [1.807, 2.05) is 18.3 Å². The molecule has 0 unspecified atom stereocenters. The first kappa shape index (κ1) is 11.8. The van der Waals surface area contributed by atoms with Crippen LogP contribution in [0, 0.1) is 6.92 Å². The first-order valence-electron chi connectivity index (χ1n) is 6.75. The average Bonchev–Trinajstić information content (AvgIpc) is 3.19. The summed E-state index contributed by atoms with van der Waals surface area (Å²) in [7, 11) is 0. The number of hydrogen-bond donors (Lipinski definition) is 1. The van der Waals surface area contributed by atoms with E-state index in [1.165, 1.54) is 17.7 Å². The summed E-state index contributed by atoms with van der Waals surface area (Å²) in [6.07, 6.45) is 6.04. The Bertz CT molecular complexity index is 762. The molecule has 100 valence electrons. The van der Waals surface area contributed by atoms with Crippen LogP contribution in [0.4, 0.5) is 5.82 Å². The topological polar surface area (TPSA) is 50.7 Å². The number of rotatable bonds is 3. The van der Waals surface area contributed by atoms with Crippen LogP contribution in [0.25, 0.3) is 21.6 Å². The lowest BCUT2D eigenvalue weighted by molar-refractivity contribution is 1.11. The fraction of sp³-hybridized carbons (Fsp3) is 0.267. The van der Waals surface area contributed by atoms with E-state index in [1.54, 1.807) is 17.5 Å². The Morgan fingerprint density at radius 1 is 1.30 bits per heavy atom. The van der Waals surface area contributed by atoms with Crippen molar-refractivity contribution in [2.45, 2.75) is 25.8 Å². The van der Waals surface area contributed by atoms with Crippen molar-refractivity contribution in [3.63, 3.8) is 0 Å². The highest BCUT2D eigenvalue weighted by atomic mass is 32.1. The van der Waals surface area contributed by atoms with Gasteiger partial charge in [-0.15, -0.1) is 11.3 Å². The Balaban J connectivity index is 1.89. The summed E-state index contributed by atoms with van der Waals surface area (Å²) in [6, 6.07) is 6.65. The average molecular weight is 282 g/mol. The zero-order valence-corrected chi connectivity index (χ0v) is 11.9. The van der Waals surface area contributed by atoms with Crippen molar-refractivity contribution in [3.8, 4) is 11.4 Å². The quantitative estimate of drug-likeness (QED) is 0.797. The number of nitrogens with one attached hydrogen (secondary N) is 1. The van der Waals surface area contributed by atoms with Gasteiger partial charge in [-0.1, -0.05) is 0 Å². The van der Waals surface area contributed by atoms with Crippen LogP contribution < -0.4 is 5.32 Å². The highest BCUT2D eigenvalue weighted by Crippen LogP contribution is 2.33. The summed E-state index contributed by atoms with van der Waals surface area (Å²) in [6.45, 7) is 2.11. The van der Waals surface area contributed by atoms with E-state index >= 15 is 0 Å². The van der Waals surface area contributed by atoms with Gasteiger partial charge in [-0.25, -0.2) is 9.97 Å². The molecule has 4 rings (SSSR count). The summed E-state index contributed by atoms with van der Waals surface area (Å²) in [5.41, 5.74) is 0.958. The van der Waals surface area contributed by atoms with E-state index in [0.29, 0.717) is 6.04 Å². The Hall–Kier alpha value is -2.01. The van der Waals surface area contributed by atoms with Crippen LogP contribution in [-0.4, -0.2) is 21.0 Å². The number of thiophene rings is 1. The van der Waals surface area contributed by atoms with E-state index in [2.05, 4.69) is 28.3 Å². The van der Waals surface area contributed by atoms with Gasteiger partial charge in [0.1, 0.15) is 10.6 Å². The highest BCUT2D eigenvalue weighted by Gasteiger charge is 2.23. The van der Waals surface area contributed by atoms with E-state index in [-0.39, 0.29) is 0 Å². The maximum absolute atomic E-state index is 4.71. The SMILES string of the molecule is Cc1cc2c(NC3CC3)nc(-c3cccnc3)nc2s1. The van der Waals surface area contributed by atoms with Crippen LogP contribution >= 0.6 is 11.3 Å². The fourth-order valence-electron chi connectivity index (χ4n) is 2.20. The molecule has 3 heterocycles. The van der Waals surface area contributed by atoms with Crippen LogP contribution in [0.3, 0.4) is 0 Å². The Morgan fingerprint density at radius 2 is 2.20 bits per heavy atom. The van der Waals surface area contributed by atoms with Crippen LogP contribution in [0.2, 0.25) is 0 Å². The Morgan fingerprint density at radius 3 is 2.95 bits per heavy atom. The second-order valence-electron chi connectivity index (χ2n) is 5.13. The van der Waals surface area contributed by atoms with Crippen molar-refractivity contribution in [3.05, 3.63) is 35.5 Å². The molecule has 4 nitrogen and oxygen atoms in total. The molecule has 0 aliphatic heterocycles. The highest BCUT2D eigenvalue weighted by molar-refractivity contribution is 7.18. The summed E-state index contributed by atoms with van der Waals surface area (Å²) in [4.78, 5) is 15.8. The number of fused-ring (bicyclic) bond motifs is 1. The number of nitrogens with zero attached hydrogens (tertiary/aromatic N) is 3. The van der Waals surface area contributed by atoms with Crippen molar-refractivity contribution >= 4 is 27.4 Å². The standard InChI is InChI=1S/C15H14N4S/c1-9-7-12-14(17-11-4-5-11)18-13(19-15(12)20-9)10-3-2-6-16-8-10/h2-3,6-8,11H,4-5H2,1H3,(H,17,18,19). The largest absolute Gasteiger partial charge is 0.367 e. The molecule has 0 bridgehead atoms. The third-order valence-electron chi connectivity index (χ3n) is 3.35. The Labute approximate surface area is 120 Å². The van der Waals surface area contributed by atoms with Crippen LogP contribution in [0.1, 0.15) is 17.7 Å². The van der Waals surface area contributed by atoms with E-state index in [9.17, 15) is 0 Å². The van der Waals surface area contributed by atoms with Gasteiger partial charge in [0.2, 0.25) is 0 Å². The second kappa shape index (κ2) is 4.52. The molecule has 3 aromatic heterocycles. The molecule has 20 heavy (non-hydrogen) atoms. The van der Waals surface area contributed by atoms with Crippen LogP contribution in [-0.2, 0) is 0 Å². The molecule has 0 saturated heterocycles. The van der Waals surface area contributed by atoms with Gasteiger partial charge in [0.05, 0.1) is 5.39 Å². The van der Waals surface area contributed by atoms with Gasteiger partial charge >= 0.3 is 0 Å². The van der Waals surface area contributed by atoms with Crippen molar-refractivity contribution < 1.29 is 0 Å². The van der Waals surface area contributed by atoms with Crippen molar-refractivity contribution in [1.29, 1.82) is 0 Å². The van der Waals surface area contributed by atoms with Crippen molar-refractivity contribution in [2.75, 3.05) is 5.32 Å². The van der Waals surface area contributed by atoms with E-state index < -0.39 is 0 Å². The number of pyridine rings is 1. The van der Waals surface area contributed by atoms with Gasteiger partial charge < -0.3 is 5.32 Å². The van der Waals surface area contributed by atoms with Gasteiger partial charge in [0.15, 0.2) is 5.82 Å². The first-order valence-corrected chi connectivity index (χ1v) is 7.56. The first-order chi connectivity index (χ1) is 9.79. The van der Waals surface area contributed by atoms with Crippen LogP contribution in [0.5, 0.6) is 0 Å². The maximum Gasteiger partial charge on any atom is 0.164 e. The predicted molar refractivity (Wildman–Crippen MR) is 82.0 cm³/mol. The monoisotopic (exact) mass is 282 g/mol. The lowest BCUT2D eigenvalue weighted by atomic mass is 10.2. The van der Waals surface area contributed by atoms with Crippen molar-refractivity contribution in [2.24, 2.45) is 0 Å². The third-order valence-corrected chi connectivity index (χ3v) is 4.30. The molecular weight excluding hydrogens is 268 g/mol. The van der Waals surface area contributed by atoms with Gasteiger partial charge in [-0.3, -0.25) is 4.98 Å². The number of aryl methyl sites for hydroxylation is 1. The van der Waals surface area contributed by atoms with Gasteiger partial charge in [0, 0.05) is 28.9 Å². The molecule has 1 aliphatic rings. The summed E-state index contributed by atoms with van der Waals surface area (Å²) >= 11 is 1.71. The maximum atomic E-state index is 4.71. The summed E-state index contributed by atoms with van der Waals surface area (Å²) in [5.74, 6) is 1.70. The van der Waals surface area contributed by atoms with E-state index in [0.717, 1.165) is 27.4 Å². The third kappa shape index (κ3) is 2.14. The smallest absolute Gasteiger partial charge is 0.164 e. The fourth-order valence-corrected chi connectivity index (χ4v) is 3.08. The second-order valence-corrected chi connectivity index (χ2v) is 6.37. The molecule has 0 spiro atoms. The molecule has 0 amide bonds. The predicted octanol–water partition coefficient (Wildman–Crippen LogP) is 3.64. The lowest BCUT2D eigenvalue weighted by Crippen LogP contribution is -2.05. The minimum atomic E-state index is 0.579. The normalized spacial score (nSPS) is 14.7. The zero-order valence-electron chi connectivity index (χ0n) is 11.1. The molecule has 1 fully saturated rings. The molecule has 1 saturated carbocycles. The van der Waals surface area contributed by atoms with Gasteiger partial charge in [0.25, 0.3) is 0 Å². The minimum Gasteiger partial charge on any atom is -0.367 e. The number of aromatic nitrogens is 3. The van der Waals surface area contributed by atoms with E-state index in [4.69, 9.17) is 4.98 Å². The molecular formula is C15H14N4S. The molecule has 1 N–H and O–H groups in total. The molecule has 0 radical (unpaired) electrons. The molecule has 0 atom stereocenters. The van der Waals surface area contributed by atoms with Gasteiger partial charge in [-0.05, 0) is 38.0 Å². The number of hydrogen-bond acceptors (Lipinski definition) is 5. The number of anilines is 1. The molecule has 3 aromatic rings. The Kier molecular flexibility index (Phi) is 2.67. The summed E-state index contributed by atoms with van der Waals surface area (Å²) in [5, 5.41) is 4.65. The minimum absolute atomic E-state index is 0.579. The molecule has 0 aromatic carbocycles. The molecule has 1 aliphatic carbocycles. The van der Waals surface area contributed by atoms with Crippen LogP contribution in [0.15, 0.2) is 30.6 Å². The summed E-state index contributed by atoms with van der Waals surface area (Å²) < 4.78 is 0. The van der Waals surface area contributed by atoms with Crippen molar-refractivity contribution in [1.82, 2.24) is 15.0 Å².